The van der Waals surface area contributed by atoms with E-state index in [1.165, 1.54) is 6.33 Å². The summed E-state index contributed by atoms with van der Waals surface area (Å²) in [6.45, 7) is 1.80. The van der Waals surface area contributed by atoms with Crippen LogP contribution in [0.5, 0.6) is 0 Å². The first kappa shape index (κ1) is 15.2. The molecule has 1 unspecified atom stereocenters. The number of carbonyl (C=O) groups excluding carboxylic acids is 1. The Morgan fingerprint density at radius 3 is 3.04 bits per heavy atom. The molecule has 0 radical (unpaired) electrons. The number of carbonyl (C=O) groups is 1. The number of aromatic nitrogens is 5. The summed E-state index contributed by atoms with van der Waals surface area (Å²) < 4.78 is 0. The number of hydrogen-bond donors (Lipinski definition) is 2. The van der Waals surface area contributed by atoms with Gasteiger partial charge in [0, 0.05) is 36.1 Å². The molecule has 1 amide bonds. The fourth-order valence-corrected chi connectivity index (χ4v) is 4.37. The molecular formula is C18H19N7O. The van der Waals surface area contributed by atoms with Crippen molar-refractivity contribution < 1.29 is 4.79 Å². The molecule has 1 saturated heterocycles. The molecule has 0 aromatic carbocycles. The Labute approximate surface area is 150 Å². The fourth-order valence-electron chi connectivity index (χ4n) is 4.37. The van der Waals surface area contributed by atoms with Crippen molar-refractivity contribution >= 4 is 22.6 Å². The summed E-state index contributed by atoms with van der Waals surface area (Å²) >= 11 is 0. The van der Waals surface area contributed by atoms with E-state index in [1.54, 1.807) is 24.9 Å². The van der Waals surface area contributed by atoms with Crippen LogP contribution in [-0.4, -0.2) is 50.0 Å². The number of fused-ring (bicyclic) bond motifs is 1. The van der Waals surface area contributed by atoms with Gasteiger partial charge >= 0.3 is 0 Å². The molecule has 5 rings (SSSR count). The molecule has 2 N–H and O–H groups in total. The van der Waals surface area contributed by atoms with E-state index < -0.39 is 0 Å². The van der Waals surface area contributed by atoms with Gasteiger partial charge in [0.1, 0.15) is 17.8 Å². The number of pyridine rings is 1. The van der Waals surface area contributed by atoms with E-state index in [1.807, 2.05) is 6.07 Å². The Bertz CT molecular complexity index is 944. The Hall–Kier alpha value is -3.03. The third-order valence-corrected chi connectivity index (χ3v) is 5.68. The zero-order valence-electron chi connectivity index (χ0n) is 14.2. The van der Waals surface area contributed by atoms with Gasteiger partial charge in [0.05, 0.1) is 24.2 Å². The molecule has 1 spiro atoms. The first-order valence-corrected chi connectivity index (χ1v) is 8.84. The van der Waals surface area contributed by atoms with Gasteiger partial charge in [-0.2, -0.15) is 0 Å². The molecule has 3 aromatic rings. The first-order chi connectivity index (χ1) is 12.8. The summed E-state index contributed by atoms with van der Waals surface area (Å²) in [5, 5.41) is 4.23. The molecule has 2 fully saturated rings. The molecule has 1 atom stereocenters. The minimum Gasteiger partial charge on any atom is -0.355 e. The third-order valence-electron chi connectivity index (χ3n) is 5.68. The SMILES string of the molecule is O=C(NC1CCCC12CN(c1ncnc3cnccc13)C2)c1cnc[nH]1. The number of rotatable bonds is 3. The van der Waals surface area contributed by atoms with E-state index in [9.17, 15) is 4.79 Å². The predicted molar refractivity (Wildman–Crippen MR) is 95.7 cm³/mol. The van der Waals surface area contributed by atoms with Gasteiger partial charge in [-0.25, -0.2) is 15.0 Å². The monoisotopic (exact) mass is 349 g/mol. The van der Waals surface area contributed by atoms with Crippen molar-refractivity contribution in [2.75, 3.05) is 18.0 Å². The molecular weight excluding hydrogens is 330 g/mol. The second-order valence-electron chi connectivity index (χ2n) is 7.19. The zero-order valence-corrected chi connectivity index (χ0v) is 14.2. The van der Waals surface area contributed by atoms with Gasteiger partial charge < -0.3 is 15.2 Å². The maximum absolute atomic E-state index is 12.4. The standard InChI is InChI=1S/C18H19N7O/c26-17(14-7-20-10-21-14)24-15-2-1-4-18(15)8-25(9-18)16-12-3-5-19-6-13(12)22-11-23-16/h3,5-7,10-11,15H,1-2,4,8-9H2,(H,20,21)(H,24,26). The fraction of sp³-hybridized carbons (Fsp3) is 0.389. The van der Waals surface area contributed by atoms with Crippen molar-refractivity contribution in [1.29, 1.82) is 0 Å². The van der Waals surface area contributed by atoms with E-state index in [2.05, 4.69) is 35.1 Å². The van der Waals surface area contributed by atoms with Crippen molar-refractivity contribution in [1.82, 2.24) is 30.2 Å². The second-order valence-corrected chi connectivity index (χ2v) is 7.19. The minimum absolute atomic E-state index is 0.0780. The van der Waals surface area contributed by atoms with Crippen LogP contribution in [0, 0.1) is 5.41 Å². The highest BCUT2D eigenvalue weighted by Crippen LogP contribution is 2.47. The molecule has 8 nitrogen and oxygen atoms in total. The average molecular weight is 349 g/mol. The summed E-state index contributed by atoms with van der Waals surface area (Å²) in [7, 11) is 0. The predicted octanol–water partition coefficient (Wildman–Crippen LogP) is 1.54. The Kier molecular flexibility index (Phi) is 3.37. The van der Waals surface area contributed by atoms with Crippen molar-refractivity contribution in [3.05, 3.63) is 43.0 Å². The van der Waals surface area contributed by atoms with E-state index >= 15 is 0 Å². The highest BCUT2D eigenvalue weighted by Gasteiger charge is 2.52. The van der Waals surface area contributed by atoms with Crippen LogP contribution in [0.15, 0.2) is 37.3 Å². The normalized spacial score (nSPS) is 21.1. The van der Waals surface area contributed by atoms with Crippen molar-refractivity contribution in [2.24, 2.45) is 5.41 Å². The number of nitrogens with zero attached hydrogens (tertiary/aromatic N) is 5. The lowest BCUT2D eigenvalue weighted by Crippen LogP contribution is -2.64. The van der Waals surface area contributed by atoms with Gasteiger partial charge in [-0.3, -0.25) is 9.78 Å². The van der Waals surface area contributed by atoms with Crippen LogP contribution in [0.4, 0.5) is 5.82 Å². The number of hydrogen-bond acceptors (Lipinski definition) is 6. The number of nitrogens with one attached hydrogen (secondary N) is 2. The summed E-state index contributed by atoms with van der Waals surface area (Å²) in [5.74, 6) is 0.874. The van der Waals surface area contributed by atoms with Crippen LogP contribution in [0.2, 0.25) is 0 Å². The summed E-state index contributed by atoms with van der Waals surface area (Å²) in [4.78, 5) is 34.4. The highest BCUT2D eigenvalue weighted by molar-refractivity contribution is 5.92. The maximum atomic E-state index is 12.4. The highest BCUT2D eigenvalue weighted by atomic mass is 16.2. The number of anilines is 1. The van der Waals surface area contributed by atoms with E-state index in [4.69, 9.17) is 0 Å². The molecule has 8 heteroatoms. The van der Waals surface area contributed by atoms with Crippen LogP contribution in [0.1, 0.15) is 29.8 Å². The van der Waals surface area contributed by atoms with Crippen molar-refractivity contribution in [2.45, 2.75) is 25.3 Å². The first-order valence-electron chi connectivity index (χ1n) is 8.84. The van der Waals surface area contributed by atoms with Crippen LogP contribution in [-0.2, 0) is 0 Å². The topological polar surface area (TPSA) is 99.7 Å². The van der Waals surface area contributed by atoms with Gasteiger partial charge in [0.25, 0.3) is 5.91 Å². The maximum Gasteiger partial charge on any atom is 0.269 e. The number of aromatic amines is 1. The lowest BCUT2D eigenvalue weighted by Gasteiger charge is -2.52. The largest absolute Gasteiger partial charge is 0.355 e. The van der Waals surface area contributed by atoms with E-state index in [0.29, 0.717) is 5.69 Å². The van der Waals surface area contributed by atoms with Gasteiger partial charge in [0.15, 0.2) is 0 Å². The summed E-state index contributed by atoms with van der Waals surface area (Å²) in [5.41, 5.74) is 1.49. The third kappa shape index (κ3) is 2.33. The quantitative estimate of drug-likeness (QED) is 0.744. The van der Waals surface area contributed by atoms with Crippen LogP contribution < -0.4 is 10.2 Å². The molecule has 1 saturated carbocycles. The Morgan fingerprint density at radius 1 is 1.27 bits per heavy atom. The lowest BCUT2D eigenvalue weighted by atomic mass is 9.75. The molecule has 1 aliphatic heterocycles. The van der Waals surface area contributed by atoms with Crippen molar-refractivity contribution in [3.63, 3.8) is 0 Å². The van der Waals surface area contributed by atoms with Crippen LogP contribution >= 0.6 is 0 Å². The number of amides is 1. The van der Waals surface area contributed by atoms with E-state index in [0.717, 1.165) is 49.1 Å². The minimum atomic E-state index is -0.0780. The summed E-state index contributed by atoms with van der Waals surface area (Å²) in [6.07, 6.45) is 11.5. The van der Waals surface area contributed by atoms with Gasteiger partial charge in [-0.05, 0) is 18.9 Å². The Balaban J connectivity index is 1.35. The zero-order chi connectivity index (χ0) is 17.6. The Morgan fingerprint density at radius 2 is 2.19 bits per heavy atom. The molecule has 2 aliphatic rings. The van der Waals surface area contributed by atoms with Gasteiger partial charge in [-0.1, -0.05) is 6.42 Å². The van der Waals surface area contributed by atoms with Gasteiger partial charge in [0.2, 0.25) is 0 Å². The van der Waals surface area contributed by atoms with Crippen LogP contribution in [0.3, 0.4) is 0 Å². The average Bonchev–Trinajstić information content (AvgIpc) is 3.30. The smallest absolute Gasteiger partial charge is 0.269 e. The van der Waals surface area contributed by atoms with Crippen molar-refractivity contribution in [3.8, 4) is 0 Å². The molecule has 26 heavy (non-hydrogen) atoms. The van der Waals surface area contributed by atoms with Crippen LogP contribution in [0.25, 0.3) is 10.9 Å². The van der Waals surface area contributed by atoms with E-state index in [-0.39, 0.29) is 17.4 Å². The number of imidazole rings is 1. The molecule has 0 bridgehead atoms. The lowest BCUT2D eigenvalue weighted by molar-refractivity contribution is 0.0864. The molecule has 1 aliphatic carbocycles. The second kappa shape index (κ2) is 5.76. The molecule has 4 heterocycles. The molecule has 3 aromatic heterocycles. The number of H-pyrrole nitrogens is 1. The summed E-state index contributed by atoms with van der Waals surface area (Å²) in [6, 6.07) is 2.14. The van der Waals surface area contributed by atoms with Gasteiger partial charge in [-0.15, -0.1) is 0 Å². The molecule has 132 valence electrons.